The van der Waals surface area contributed by atoms with Crippen molar-refractivity contribution < 1.29 is 0 Å². The minimum Gasteiger partial charge on any atom is -0.344 e. The van der Waals surface area contributed by atoms with E-state index in [4.69, 9.17) is 0 Å². The molecule has 0 bridgehead atoms. The van der Waals surface area contributed by atoms with Gasteiger partial charge in [0.2, 0.25) is 0 Å². The second-order valence-corrected chi connectivity index (χ2v) is 4.32. The predicted octanol–water partition coefficient (Wildman–Crippen LogP) is 1.85. The second-order valence-electron chi connectivity index (χ2n) is 4.32. The Morgan fingerprint density at radius 3 is 3.06 bits per heavy atom. The Bertz CT molecular complexity index is 584. The Kier molecular flexibility index (Phi) is 2.24. The zero-order valence-corrected chi connectivity index (χ0v) is 9.99. The number of nitrogens with zero attached hydrogens (tertiary/aromatic N) is 3. The number of benzene rings is 1. The monoisotopic (exact) mass is 229 g/mol. The van der Waals surface area contributed by atoms with Gasteiger partial charge in [-0.3, -0.25) is 15.4 Å². The van der Waals surface area contributed by atoms with E-state index < -0.39 is 0 Å². The van der Waals surface area contributed by atoms with Crippen LogP contribution in [0.2, 0.25) is 0 Å². The summed E-state index contributed by atoms with van der Waals surface area (Å²) in [7, 11) is 0. The Hall–Kier alpha value is -2.04. The van der Waals surface area contributed by atoms with E-state index in [1.807, 2.05) is 11.3 Å². The number of H-pyrrole nitrogens is 1. The summed E-state index contributed by atoms with van der Waals surface area (Å²) in [5.41, 5.74) is 8.97. The fourth-order valence-electron chi connectivity index (χ4n) is 2.14. The molecule has 0 unspecified atom stereocenters. The molecule has 2 aromatic rings. The minimum absolute atomic E-state index is 0.858. The van der Waals surface area contributed by atoms with Gasteiger partial charge in [-0.05, 0) is 31.0 Å². The Labute approximate surface area is 99.5 Å². The Balaban J connectivity index is 2.03. The molecule has 0 amide bonds. The summed E-state index contributed by atoms with van der Waals surface area (Å²) in [6.45, 7) is 5.94. The average Bonchev–Trinajstić information content (AvgIpc) is 2.96. The molecule has 0 aliphatic carbocycles. The molecule has 0 atom stereocenters. The highest BCUT2D eigenvalue weighted by atomic mass is 15.5. The molecule has 2 heterocycles. The first-order chi connectivity index (χ1) is 8.25. The number of aromatic amines is 1. The summed E-state index contributed by atoms with van der Waals surface area (Å²) < 4.78 is 0. The molecule has 1 aromatic heterocycles. The van der Waals surface area contributed by atoms with E-state index in [1.165, 1.54) is 11.1 Å². The van der Waals surface area contributed by atoms with Gasteiger partial charge in [-0.25, -0.2) is 4.98 Å². The molecule has 0 spiro atoms. The Morgan fingerprint density at radius 1 is 1.41 bits per heavy atom. The van der Waals surface area contributed by atoms with Crippen molar-refractivity contribution in [3.8, 4) is 0 Å². The molecule has 1 aromatic carbocycles. The lowest BCUT2D eigenvalue weighted by Crippen LogP contribution is -2.26. The van der Waals surface area contributed by atoms with Crippen molar-refractivity contribution in [1.29, 1.82) is 0 Å². The number of hydrogen-bond donors (Lipinski definition) is 2. The zero-order valence-electron chi connectivity index (χ0n) is 9.99. The molecule has 0 saturated heterocycles. The molecule has 2 N–H and O–H groups in total. The Morgan fingerprint density at radius 2 is 2.29 bits per heavy atom. The van der Waals surface area contributed by atoms with Gasteiger partial charge in [-0.2, -0.15) is 0 Å². The molecule has 88 valence electrons. The van der Waals surface area contributed by atoms with Crippen molar-refractivity contribution in [3.05, 3.63) is 23.5 Å². The lowest BCUT2D eigenvalue weighted by atomic mass is 10.1. The summed E-state index contributed by atoms with van der Waals surface area (Å²) >= 11 is 0. The molecule has 0 radical (unpaired) electrons. The first-order valence-electron chi connectivity index (χ1n) is 5.72. The van der Waals surface area contributed by atoms with Crippen molar-refractivity contribution in [3.63, 3.8) is 0 Å². The van der Waals surface area contributed by atoms with Gasteiger partial charge >= 0.3 is 0 Å². The summed E-state index contributed by atoms with van der Waals surface area (Å²) in [4.78, 5) is 11.7. The maximum absolute atomic E-state index is 4.33. The summed E-state index contributed by atoms with van der Waals surface area (Å²) in [6, 6.07) is 2.13. The van der Waals surface area contributed by atoms with E-state index in [0.717, 1.165) is 29.8 Å². The number of hydrazine groups is 1. The SMILES string of the molecule is Cc1cc(NN2C=NCC2)c(C)c2[nH]cnc12. The van der Waals surface area contributed by atoms with Gasteiger partial charge in [-0.15, -0.1) is 0 Å². The molecule has 0 saturated carbocycles. The maximum atomic E-state index is 4.33. The number of aromatic nitrogens is 2. The van der Waals surface area contributed by atoms with Crippen LogP contribution in [0.4, 0.5) is 5.69 Å². The normalized spacial score (nSPS) is 14.8. The van der Waals surface area contributed by atoms with Crippen LogP contribution in [0.15, 0.2) is 17.4 Å². The van der Waals surface area contributed by atoms with Gasteiger partial charge in [0, 0.05) is 0 Å². The first-order valence-corrected chi connectivity index (χ1v) is 5.72. The molecule has 0 fully saturated rings. The number of imidazole rings is 1. The topological polar surface area (TPSA) is 56.3 Å². The van der Waals surface area contributed by atoms with Crippen LogP contribution in [0.3, 0.4) is 0 Å². The van der Waals surface area contributed by atoms with Crippen LogP contribution in [-0.4, -0.2) is 34.4 Å². The van der Waals surface area contributed by atoms with E-state index >= 15 is 0 Å². The molecule has 17 heavy (non-hydrogen) atoms. The number of hydrogen-bond acceptors (Lipinski definition) is 4. The van der Waals surface area contributed by atoms with E-state index in [2.05, 4.69) is 40.3 Å². The van der Waals surface area contributed by atoms with Crippen molar-refractivity contribution >= 4 is 23.1 Å². The third-order valence-electron chi connectivity index (χ3n) is 3.11. The van der Waals surface area contributed by atoms with Gasteiger partial charge in [-0.1, -0.05) is 0 Å². The fourth-order valence-corrected chi connectivity index (χ4v) is 2.14. The van der Waals surface area contributed by atoms with Crippen LogP contribution in [0.25, 0.3) is 11.0 Å². The van der Waals surface area contributed by atoms with Crippen molar-refractivity contribution in [2.45, 2.75) is 13.8 Å². The number of anilines is 1. The van der Waals surface area contributed by atoms with Crippen LogP contribution in [-0.2, 0) is 0 Å². The van der Waals surface area contributed by atoms with Gasteiger partial charge in [0.25, 0.3) is 0 Å². The van der Waals surface area contributed by atoms with Crippen molar-refractivity contribution in [2.75, 3.05) is 18.5 Å². The molecular formula is C12H15N5. The standard InChI is InChI=1S/C12H15N5/c1-8-5-10(16-17-4-3-13-7-17)9(2)12-11(8)14-6-15-12/h5-7,16H,3-4H2,1-2H3,(H,14,15). The lowest BCUT2D eigenvalue weighted by molar-refractivity contribution is 0.557. The minimum atomic E-state index is 0.858. The van der Waals surface area contributed by atoms with Crippen LogP contribution in [0, 0.1) is 13.8 Å². The molecule has 5 nitrogen and oxygen atoms in total. The number of rotatable bonds is 2. The third kappa shape index (κ3) is 1.63. The number of fused-ring (bicyclic) bond motifs is 1. The maximum Gasteiger partial charge on any atom is 0.104 e. The second kappa shape index (κ2) is 3.76. The van der Waals surface area contributed by atoms with Gasteiger partial charge in [0.1, 0.15) is 6.34 Å². The first kappa shape index (κ1) is 10.1. The van der Waals surface area contributed by atoms with Crippen molar-refractivity contribution in [2.24, 2.45) is 4.99 Å². The van der Waals surface area contributed by atoms with Gasteiger partial charge < -0.3 is 4.98 Å². The summed E-state index contributed by atoms with van der Waals surface area (Å²) in [5.74, 6) is 0. The summed E-state index contributed by atoms with van der Waals surface area (Å²) in [6.07, 6.45) is 3.58. The molecule has 3 rings (SSSR count). The molecule has 1 aliphatic rings. The number of aryl methyl sites for hydroxylation is 2. The predicted molar refractivity (Wildman–Crippen MR) is 69.3 cm³/mol. The van der Waals surface area contributed by atoms with Crippen LogP contribution < -0.4 is 5.43 Å². The highest BCUT2D eigenvalue weighted by Crippen LogP contribution is 2.26. The van der Waals surface area contributed by atoms with Crippen LogP contribution >= 0.6 is 0 Å². The van der Waals surface area contributed by atoms with Gasteiger partial charge in [0.15, 0.2) is 0 Å². The number of nitrogens with one attached hydrogen (secondary N) is 2. The van der Waals surface area contributed by atoms with Gasteiger partial charge in [0.05, 0.1) is 36.1 Å². The highest BCUT2D eigenvalue weighted by Gasteiger charge is 2.11. The third-order valence-corrected chi connectivity index (χ3v) is 3.11. The van der Waals surface area contributed by atoms with E-state index in [1.54, 1.807) is 6.33 Å². The van der Waals surface area contributed by atoms with Crippen molar-refractivity contribution in [1.82, 2.24) is 15.0 Å². The lowest BCUT2D eigenvalue weighted by Gasteiger charge is -2.19. The van der Waals surface area contributed by atoms with E-state index in [9.17, 15) is 0 Å². The quantitative estimate of drug-likeness (QED) is 0.826. The summed E-state index contributed by atoms with van der Waals surface area (Å²) in [5, 5.41) is 2.00. The number of aliphatic imine (C=N–C) groups is 1. The largest absolute Gasteiger partial charge is 0.344 e. The van der Waals surface area contributed by atoms with E-state index in [0.29, 0.717) is 0 Å². The van der Waals surface area contributed by atoms with Crippen LogP contribution in [0.5, 0.6) is 0 Å². The molecular weight excluding hydrogens is 214 g/mol. The van der Waals surface area contributed by atoms with Crippen LogP contribution in [0.1, 0.15) is 11.1 Å². The average molecular weight is 229 g/mol. The molecule has 5 heteroatoms. The molecule has 1 aliphatic heterocycles. The highest BCUT2D eigenvalue weighted by molar-refractivity contribution is 5.87. The smallest absolute Gasteiger partial charge is 0.104 e. The van der Waals surface area contributed by atoms with E-state index in [-0.39, 0.29) is 0 Å². The fraction of sp³-hybridized carbons (Fsp3) is 0.333. The zero-order chi connectivity index (χ0) is 11.8.